The van der Waals surface area contributed by atoms with Gasteiger partial charge >= 0.3 is 0 Å². The molecular weight excluding hydrogens is 332 g/mol. The van der Waals surface area contributed by atoms with Crippen molar-refractivity contribution in [1.82, 2.24) is 19.9 Å². The lowest BCUT2D eigenvalue weighted by Crippen LogP contribution is -2.26. The summed E-state index contributed by atoms with van der Waals surface area (Å²) < 4.78 is 7.31. The van der Waals surface area contributed by atoms with Gasteiger partial charge in [-0.1, -0.05) is 0 Å². The normalized spacial score (nSPS) is 10.3. The van der Waals surface area contributed by atoms with E-state index in [4.69, 9.17) is 4.42 Å². The first-order valence-electron chi connectivity index (χ1n) is 8.16. The maximum Gasteiger partial charge on any atom is 0.256 e. The number of rotatable bonds is 7. The summed E-state index contributed by atoms with van der Waals surface area (Å²) >= 11 is 0. The second kappa shape index (κ2) is 7.98. The summed E-state index contributed by atoms with van der Waals surface area (Å²) in [5.74, 6) is 0.992. The number of carbonyl (C=O) groups excluding carboxylic acids is 1. The Morgan fingerprint density at radius 2 is 1.96 bits per heavy atom. The van der Waals surface area contributed by atoms with E-state index in [0.29, 0.717) is 37.1 Å². The highest BCUT2D eigenvalue weighted by Gasteiger charge is 2.24. The lowest BCUT2D eigenvalue weighted by atomic mass is 10.1. The van der Waals surface area contributed by atoms with E-state index in [0.717, 1.165) is 0 Å². The van der Waals surface area contributed by atoms with E-state index in [1.165, 1.54) is 0 Å². The van der Waals surface area contributed by atoms with E-state index in [1.54, 1.807) is 42.3 Å². The van der Waals surface area contributed by atoms with Gasteiger partial charge in [-0.05, 0) is 31.5 Å². The number of nitrogens with one attached hydrogen (secondary N) is 2. The van der Waals surface area contributed by atoms with Crippen molar-refractivity contribution in [3.05, 3.63) is 59.9 Å². The Kier molecular flexibility index (Phi) is 5.29. The van der Waals surface area contributed by atoms with Crippen LogP contribution in [0, 0.1) is 18.3 Å². The Balaban J connectivity index is 1.59. The predicted octanol–water partition coefficient (Wildman–Crippen LogP) is 2.27. The fraction of sp³-hybridized carbons (Fsp3) is 0.222. The van der Waals surface area contributed by atoms with E-state index < -0.39 is 0 Å². The fourth-order valence-corrected chi connectivity index (χ4v) is 2.53. The smallest absolute Gasteiger partial charge is 0.256 e. The number of amides is 1. The molecule has 0 atom stereocenters. The van der Waals surface area contributed by atoms with Crippen molar-refractivity contribution < 1.29 is 9.21 Å². The molecule has 0 aromatic carbocycles. The molecule has 0 aliphatic heterocycles. The van der Waals surface area contributed by atoms with Crippen molar-refractivity contribution in [3.8, 4) is 12.0 Å². The summed E-state index contributed by atoms with van der Waals surface area (Å²) in [4.78, 5) is 20.6. The number of anilines is 1. The topological polar surface area (TPSA) is 109 Å². The number of carbonyl (C=O) groups is 1. The molecule has 0 fully saturated rings. The van der Waals surface area contributed by atoms with Crippen molar-refractivity contribution in [2.45, 2.75) is 13.3 Å². The van der Waals surface area contributed by atoms with Gasteiger partial charge in [-0.3, -0.25) is 9.36 Å². The minimum absolute atomic E-state index is 0.229. The minimum Gasteiger partial charge on any atom is -0.443 e. The Morgan fingerprint density at radius 1 is 1.23 bits per heavy atom. The second-order valence-corrected chi connectivity index (χ2v) is 5.52. The number of hydrogen-bond acceptors (Lipinski definition) is 6. The lowest BCUT2D eigenvalue weighted by molar-refractivity contribution is 0.0952. The van der Waals surface area contributed by atoms with Crippen molar-refractivity contribution >= 4 is 11.9 Å². The molecule has 3 rings (SSSR count). The molecule has 3 aromatic heterocycles. The van der Waals surface area contributed by atoms with Crippen LogP contribution in [0.15, 0.2) is 47.4 Å². The first-order chi connectivity index (χ1) is 12.7. The molecule has 3 aromatic rings. The molecule has 0 aliphatic carbocycles. The van der Waals surface area contributed by atoms with Crippen LogP contribution in [0.4, 0.5) is 5.95 Å². The predicted molar refractivity (Wildman–Crippen MR) is 95.0 cm³/mol. The number of nitriles is 1. The van der Waals surface area contributed by atoms with E-state index in [9.17, 15) is 10.1 Å². The number of hydrogen-bond donors (Lipinski definition) is 2. The monoisotopic (exact) mass is 350 g/mol. The first-order valence-corrected chi connectivity index (χ1v) is 8.16. The zero-order chi connectivity index (χ0) is 18.4. The van der Waals surface area contributed by atoms with Crippen LogP contribution in [0.25, 0.3) is 5.88 Å². The van der Waals surface area contributed by atoms with E-state index >= 15 is 0 Å². The molecule has 132 valence electrons. The average Bonchev–Trinajstić information content (AvgIpc) is 3.29. The van der Waals surface area contributed by atoms with Gasteiger partial charge in [-0.25, -0.2) is 9.97 Å². The zero-order valence-electron chi connectivity index (χ0n) is 14.3. The van der Waals surface area contributed by atoms with Gasteiger partial charge in [-0.15, -0.1) is 0 Å². The highest BCUT2D eigenvalue weighted by atomic mass is 16.4. The van der Waals surface area contributed by atoms with Crippen molar-refractivity contribution in [3.63, 3.8) is 0 Å². The standard InChI is InChI=1S/C18H18N6O2/c1-13-15(14(12-19)17(26-13)24-10-2-3-11-24)16(25)20-6-4-7-21-18-22-8-5-9-23-18/h2-3,5,8-11H,4,6-7H2,1H3,(H,20,25)(H,21,22,23). The highest BCUT2D eigenvalue weighted by Crippen LogP contribution is 2.25. The molecule has 2 N–H and O–H groups in total. The first kappa shape index (κ1) is 17.2. The van der Waals surface area contributed by atoms with Crippen LogP contribution in [-0.2, 0) is 0 Å². The van der Waals surface area contributed by atoms with Crippen LogP contribution in [0.3, 0.4) is 0 Å². The fourth-order valence-electron chi connectivity index (χ4n) is 2.53. The summed E-state index contributed by atoms with van der Waals surface area (Å²) in [6.07, 6.45) is 7.53. The summed E-state index contributed by atoms with van der Waals surface area (Å²) in [6, 6.07) is 7.46. The van der Waals surface area contributed by atoms with Crippen LogP contribution in [0.5, 0.6) is 0 Å². The summed E-state index contributed by atoms with van der Waals surface area (Å²) in [5, 5.41) is 15.4. The number of aryl methyl sites for hydroxylation is 1. The average molecular weight is 350 g/mol. The molecule has 0 spiro atoms. The summed E-state index contributed by atoms with van der Waals surface area (Å²) in [7, 11) is 0. The maximum atomic E-state index is 12.5. The van der Waals surface area contributed by atoms with Gasteiger partial charge in [0.05, 0.1) is 0 Å². The Bertz CT molecular complexity index is 909. The molecule has 0 unspecified atom stereocenters. The van der Waals surface area contributed by atoms with Gasteiger partial charge in [0.2, 0.25) is 11.8 Å². The molecular formula is C18H18N6O2. The SMILES string of the molecule is Cc1oc(-n2cccc2)c(C#N)c1C(=O)NCCCNc1ncccn1. The van der Waals surface area contributed by atoms with Gasteiger partial charge < -0.3 is 15.1 Å². The van der Waals surface area contributed by atoms with E-state index in [2.05, 4.69) is 26.7 Å². The molecule has 0 aliphatic rings. The summed E-state index contributed by atoms with van der Waals surface area (Å²) in [6.45, 7) is 2.75. The third kappa shape index (κ3) is 3.72. The van der Waals surface area contributed by atoms with Gasteiger partial charge in [0.1, 0.15) is 23.0 Å². The van der Waals surface area contributed by atoms with Gasteiger partial charge in [0.15, 0.2) is 0 Å². The molecule has 26 heavy (non-hydrogen) atoms. The highest BCUT2D eigenvalue weighted by molar-refractivity contribution is 5.98. The second-order valence-electron chi connectivity index (χ2n) is 5.52. The summed E-state index contributed by atoms with van der Waals surface area (Å²) in [5.41, 5.74) is 0.502. The maximum absolute atomic E-state index is 12.5. The van der Waals surface area contributed by atoms with Crippen LogP contribution < -0.4 is 10.6 Å². The molecule has 0 radical (unpaired) electrons. The van der Waals surface area contributed by atoms with Gasteiger partial charge in [0, 0.05) is 37.9 Å². The zero-order valence-corrected chi connectivity index (χ0v) is 14.3. The quantitative estimate of drug-likeness (QED) is 0.633. The third-order valence-corrected chi connectivity index (χ3v) is 3.73. The lowest BCUT2D eigenvalue weighted by Gasteiger charge is -2.06. The Labute approximate surface area is 150 Å². The van der Waals surface area contributed by atoms with Crippen LogP contribution >= 0.6 is 0 Å². The Morgan fingerprint density at radius 3 is 2.65 bits per heavy atom. The van der Waals surface area contributed by atoms with Gasteiger partial charge in [0.25, 0.3) is 5.91 Å². The van der Waals surface area contributed by atoms with E-state index in [1.807, 2.05) is 12.1 Å². The molecule has 8 heteroatoms. The molecule has 1 amide bonds. The van der Waals surface area contributed by atoms with Gasteiger partial charge in [-0.2, -0.15) is 5.26 Å². The number of furan rings is 1. The molecule has 8 nitrogen and oxygen atoms in total. The van der Waals surface area contributed by atoms with E-state index in [-0.39, 0.29) is 17.0 Å². The van der Waals surface area contributed by atoms with Crippen LogP contribution in [0.1, 0.15) is 28.1 Å². The van der Waals surface area contributed by atoms with Crippen LogP contribution in [0.2, 0.25) is 0 Å². The molecule has 3 heterocycles. The number of aromatic nitrogens is 3. The molecule has 0 bridgehead atoms. The van der Waals surface area contributed by atoms with Crippen LogP contribution in [-0.4, -0.2) is 33.5 Å². The van der Waals surface area contributed by atoms with Crippen molar-refractivity contribution in [1.29, 1.82) is 5.26 Å². The van der Waals surface area contributed by atoms with Crippen molar-refractivity contribution in [2.75, 3.05) is 18.4 Å². The van der Waals surface area contributed by atoms with Crippen molar-refractivity contribution in [2.24, 2.45) is 0 Å². The Hall–Kier alpha value is -3.60. The number of nitrogens with zero attached hydrogens (tertiary/aromatic N) is 4. The third-order valence-electron chi connectivity index (χ3n) is 3.73. The molecule has 0 saturated heterocycles. The largest absolute Gasteiger partial charge is 0.443 e. The minimum atomic E-state index is -0.322. The molecule has 0 saturated carbocycles.